The van der Waals surface area contributed by atoms with Crippen LogP contribution in [0.3, 0.4) is 0 Å². The molecule has 1 N–H and O–H groups in total. The molecule has 0 amide bonds. The number of nitrogens with one attached hydrogen (secondary N) is 1. The highest BCUT2D eigenvalue weighted by molar-refractivity contribution is 7.14. The van der Waals surface area contributed by atoms with E-state index in [4.69, 9.17) is 4.74 Å². The van der Waals surface area contributed by atoms with Gasteiger partial charge in [0, 0.05) is 23.9 Å². The highest BCUT2D eigenvalue weighted by atomic mass is 32.1. The van der Waals surface area contributed by atoms with Crippen molar-refractivity contribution < 1.29 is 27.8 Å². The molecule has 0 fully saturated rings. The van der Waals surface area contributed by atoms with Crippen molar-refractivity contribution in [3.05, 3.63) is 23.6 Å². The van der Waals surface area contributed by atoms with Gasteiger partial charge in [0.1, 0.15) is 0 Å². The summed E-state index contributed by atoms with van der Waals surface area (Å²) in [5.74, 6) is 0.0191. The van der Waals surface area contributed by atoms with Gasteiger partial charge in [-0.1, -0.05) is 6.42 Å². The van der Waals surface area contributed by atoms with Gasteiger partial charge < -0.3 is 19.5 Å². The van der Waals surface area contributed by atoms with Crippen LogP contribution >= 0.6 is 11.3 Å². The van der Waals surface area contributed by atoms with E-state index < -0.39 is 6.61 Å². The first kappa shape index (κ1) is 20.9. The smallest absolute Gasteiger partial charge is 0.387 e. The Morgan fingerprint density at radius 3 is 2.74 bits per heavy atom. The van der Waals surface area contributed by atoms with Gasteiger partial charge >= 0.3 is 12.6 Å². The maximum atomic E-state index is 12.4. The molecule has 0 atom stereocenters. The lowest BCUT2D eigenvalue weighted by molar-refractivity contribution is -0.140. The molecule has 1 heterocycles. The number of carbonyl (C=O) groups is 1. The van der Waals surface area contributed by atoms with E-state index in [0.29, 0.717) is 6.42 Å². The van der Waals surface area contributed by atoms with Crippen LogP contribution in [-0.2, 0) is 9.53 Å². The monoisotopic (exact) mass is 400 g/mol. The third-order valence-electron chi connectivity index (χ3n) is 3.74. The second-order valence-corrected chi connectivity index (χ2v) is 6.45. The first-order valence-electron chi connectivity index (χ1n) is 8.43. The Kier molecular flexibility index (Phi) is 8.25. The van der Waals surface area contributed by atoms with Crippen molar-refractivity contribution in [3.63, 3.8) is 0 Å². The fraction of sp³-hybridized carbons (Fsp3) is 0.444. The summed E-state index contributed by atoms with van der Waals surface area (Å²) in [6.45, 7) is -2.16. The standard InChI is InChI=1S/C18H22F2N2O4S/c1-24-15-10-12(7-8-14(15)26-17(19)20)13-11-27-18(22-13)21-9-5-3-4-6-16(23)25-2/h7-8,10-11,17H,3-6,9H2,1-2H3,(H,21,22). The molecular weight excluding hydrogens is 378 g/mol. The number of rotatable bonds is 11. The Morgan fingerprint density at radius 2 is 2.04 bits per heavy atom. The maximum absolute atomic E-state index is 12.4. The van der Waals surface area contributed by atoms with Gasteiger partial charge in [0.25, 0.3) is 0 Å². The quantitative estimate of drug-likeness (QED) is 0.440. The van der Waals surface area contributed by atoms with E-state index in [1.54, 1.807) is 12.1 Å². The Balaban J connectivity index is 1.87. The van der Waals surface area contributed by atoms with E-state index in [0.717, 1.165) is 42.2 Å². The van der Waals surface area contributed by atoms with Gasteiger partial charge in [-0.3, -0.25) is 4.79 Å². The third-order valence-corrected chi connectivity index (χ3v) is 4.54. The molecule has 2 aromatic rings. The van der Waals surface area contributed by atoms with Crippen LogP contribution in [0.5, 0.6) is 11.5 Å². The summed E-state index contributed by atoms with van der Waals surface area (Å²) in [4.78, 5) is 15.5. The summed E-state index contributed by atoms with van der Waals surface area (Å²) in [5, 5.41) is 5.88. The van der Waals surface area contributed by atoms with Gasteiger partial charge in [0.05, 0.1) is 19.9 Å². The number of esters is 1. The zero-order valence-corrected chi connectivity index (χ0v) is 16.0. The largest absolute Gasteiger partial charge is 0.493 e. The second kappa shape index (κ2) is 10.7. The molecule has 0 saturated carbocycles. The fourth-order valence-electron chi connectivity index (χ4n) is 2.38. The van der Waals surface area contributed by atoms with E-state index in [9.17, 15) is 13.6 Å². The molecule has 0 aliphatic rings. The normalized spacial score (nSPS) is 10.7. The van der Waals surface area contributed by atoms with Crippen molar-refractivity contribution in [1.82, 2.24) is 4.98 Å². The first-order chi connectivity index (χ1) is 13.0. The number of hydrogen-bond donors (Lipinski definition) is 1. The van der Waals surface area contributed by atoms with Gasteiger partial charge in [-0.15, -0.1) is 11.3 Å². The number of benzene rings is 1. The summed E-state index contributed by atoms with van der Waals surface area (Å²) in [7, 11) is 2.78. The molecule has 0 aliphatic carbocycles. The Bertz CT molecular complexity index is 740. The number of alkyl halides is 2. The molecule has 148 valence electrons. The number of ether oxygens (including phenoxy) is 3. The van der Waals surface area contributed by atoms with Crippen molar-refractivity contribution in [3.8, 4) is 22.8 Å². The number of unbranched alkanes of at least 4 members (excludes halogenated alkanes) is 2. The molecule has 27 heavy (non-hydrogen) atoms. The number of aromatic nitrogens is 1. The summed E-state index contributed by atoms with van der Waals surface area (Å²) < 4.78 is 38.9. The minimum Gasteiger partial charge on any atom is -0.493 e. The number of nitrogens with zero attached hydrogens (tertiary/aromatic N) is 1. The predicted octanol–water partition coefficient (Wildman–Crippen LogP) is 4.57. The van der Waals surface area contributed by atoms with E-state index in [1.807, 2.05) is 5.38 Å². The van der Waals surface area contributed by atoms with Crippen LogP contribution in [0, 0.1) is 0 Å². The van der Waals surface area contributed by atoms with Crippen LogP contribution in [0.1, 0.15) is 25.7 Å². The highest BCUT2D eigenvalue weighted by Gasteiger charge is 2.13. The Labute approximate surface area is 160 Å². The van der Waals surface area contributed by atoms with Gasteiger partial charge in [0.2, 0.25) is 0 Å². The molecule has 9 heteroatoms. The van der Waals surface area contributed by atoms with E-state index >= 15 is 0 Å². The molecule has 6 nitrogen and oxygen atoms in total. The van der Waals surface area contributed by atoms with Crippen molar-refractivity contribution in [2.24, 2.45) is 0 Å². The van der Waals surface area contributed by atoms with Crippen molar-refractivity contribution in [2.75, 3.05) is 26.1 Å². The molecular formula is C18H22F2N2O4S. The van der Waals surface area contributed by atoms with E-state index in [2.05, 4.69) is 19.8 Å². The van der Waals surface area contributed by atoms with Crippen LogP contribution in [-0.4, -0.2) is 38.3 Å². The zero-order chi connectivity index (χ0) is 19.6. The van der Waals surface area contributed by atoms with Crippen molar-refractivity contribution in [2.45, 2.75) is 32.3 Å². The third kappa shape index (κ3) is 6.67. The summed E-state index contributed by atoms with van der Waals surface area (Å²) in [5.41, 5.74) is 1.46. The SMILES string of the molecule is COC(=O)CCCCCNc1nc(-c2ccc(OC(F)F)c(OC)c2)cs1. The minimum absolute atomic E-state index is 0.0169. The van der Waals surface area contributed by atoms with Crippen LogP contribution in [0.25, 0.3) is 11.3 Å². The lowest BCUT2D eigenvalue weighted by Crippen LogP contribution is -2.03. The van der Waals surface area contributed by atoms with Gasteiger partial charge in [-0.25, -0.2) is 4.98 Å². The summed E-state index contributed by atoms with van der Waals surface area (Å²) >= 11 is 1.46. The summed E-state index contributed by atoms with van der Waals surface area (Å²) in [6.07, 6.45) is 3.07. The molecule has 0 saturated heterocycles. The van der Waals surface area contributed by atoms with E-state index in [-0.39, 0.29) is 17.5 Å². The molecule has 0 aliphatic heterocycles. The lowest BCUT2D eigenvalue weighted by atomic mass is 10.1. The Hall–Kier alpha value is -2.42. The lowest BCUT2D eigenvalue weighted by Gasteiger charge is -2.10. The van der Waals surface area contributed by atoms with E-state index in [1.165, 1.54) is 31.6 Å². The number of anilines is 1. The molecule has 0 radical (unpaired) electrons. The number of hydrogen-bond acceptors (Lipinski definition) is 7. The average Bonchev–Trinajstić information content (AvgIpc) is 3.13. The van der Waals surface area contributed by atoms with Gasteiger partial charge in [-0.05, 0) is 31.0 Å². The molecule has 0 spiro atoms. The fourth-order valence-corrected chi connectivity index (χ4v) is 3.12. The maximum Gasteiger partial charge on any atom is 0.387 e. The summed E-state index contributed by atoms with van der Waals surface area (Å²) in [6, 6.07) is 4.71. The zero-order valence-electron chi connectivity index (χ0n) is 15.2. The minimum atomic E-state index is -2.91. The van der Waals surface area contributed by atoms with Crippen molar-refractivity contribution >= 4 is 22.4 Å². The topological polar surface area (TPSA) is 69.7 Å². The molecule has 1 aromatic carbocycles. The van der Waals surface area contributed by atoms with Crippen LogP contribution in [0.4, 0.5) is 13.9 Å². The molecule has 0 bridgehead atoms. The number of methoxy groups -OCH3 is 2. The second-order valence-electron chi connectivity index (χ2n) is 5.60. The van der Waals surface area contributed by atoms with Crippen LogP contribution < -0.4 is 14.8 Å². The van der Waals surface area contributed by atoms with Gasteiger partial charge in [-0.2, -0.15) is 8.78 Å². The average molecular weight is 400 g/mol. The molecule has 0 unspecified atom stereocenters. The first-order valence-corrected chi connectivity index (χ1v) is 9.31. The highest BCUT2D eigenvalue weighted by Crippen LogP contribution is 2.34. The number of carbonyl (C=O) groups excluding carboxylic acids is 1. The Morgan fingerprint density at radius 1 is 1.22 bits per heavy atom. The van der Waals surface area contributed by atoms with Crippen molar-refractivity contribution in [1.29, 1.82) is 0 Å². The van der Waals surface area contributed by atoms with Gasteiger partial charge in [0.15, 0.2) is 16.6 Å². The number of halogens is 2. The number of thiazole rings is 1. The predicted molar refractivity (Wildman–Crippen MR) is 99.7 cm³/mol. The molecule has 1 aromatic heterocycles. The van der Waals surface area contributed by atoms with Crippen LogP contribution in [0.2, 0.25) is 0 Å². The molecule has 2 rings (SSSR count). The van der Waals surface area contributed by atoms with Crippen LogP contribution in [0.15, 0.2) is 23.6 Å².